The van der Waals surface area contributed by atoms with Gasteiger partial charge in [0.25, 0.3) is 0 Å². The van der Waals surface area contributed by atoms with Gasteiger partial charge in [0.15, 0.2) is 0 Å². The number of rotatable bonds is 3. The molecule has 0 amide bonds. The van der Waals surface area contributed by atoms with Gasteiger partial charge in [-0.3, -0.25) is 4.98 Å². The van der Waals surface area contributed by atoms with Crippen molar-refractivity contribution in [1.29, 1.82) is 0 Å². The normalized spacial score (nSPS) is 16.1. The molecule has 1 atom stereocenters. The van der Waals surface area contributed by atoms with Gasteiger partial charge in [-0.15, -0.1) is 0 Å². The Labute approximate surface area is 91.3 Å². The number of aromatic nitrogens is 1. The molecule has 84 valence electrons. The SMILES string of the molecule is CC(C)(C)C(O)(CN)Cc1cccnc1. The topological polar surface area (TPSA) is 59.1 Å². The van der Waals surface area contributed by atoms with Gasteiger partial charge in [0.1, 0.15) is 0 Å². The Morgan fingerprint density at radius 3 is 2.47 bits per heavy atom. The molecule has 0 aromatic carbocycles. The first kappa shape index (κ1) is 12.1. The average molecular weight is 208 g/mol. The summed E-state index contributed by atoms with van der Waals surface area (Å²) in [5, 5.41) is 10.5. The number of nitrogens with two attached hydrogens (primary N) is 1. The fourth-order valence-corrected chi connectivity index (χ4v) is 1.48. The standard InChI is InChI=1S/C12H20N2O/c1-11(2,3)12(15,9-13)7-10-5-4-6-14-8-10/h4-6,8,15H,7,9,13H2,1-3H3. The third kappa shape index (κ3) is 2.76. The highest BCUT2D eigenvalue weighted by Crippen LogP contribution is 2.32. The van der Waals surface area contributed by atoms with Crippen LogP contribution in [0.15, 0.2) is 24.5 Å². The van der Waals surface area contributed by atoms with Gasteiger partial charge < -0.3 is 10.8 Å². The van der Waals surface area contributed by atoms with Crippen LogP contribution in [0.25, 0.3) is 0 Å². The molecular weight excluding hydrogens is 188 g/mol. The smallest absolute Gasteiger partial charge is 0.0857 e. The molecule has 1 aromatic rings. The number of pyridine rings is 1. The minimum absolute atomic E-state index is 0.239. The van der Waals surface area contributed by atoms with Crippen molar-refractivity contribution in [3.8, 4) is 0 Å². The van der Waals surface area contributed by atoms with E-state index in [0.717, 1.165) is 5.56 Å². The zero-order valence-corrected chi connectivity index (χ0v) is 9.70. The number of nitrogens with zero attached hydrogens (tertiary/aromatic N) is 1. The molecule has 0 aliphatic carbocycles. The van der Waals surface area contributed by atoms with E-state index in [1.54, 1.807) is 12.4 Å². The van der Waals surface area contributed by atoms with Gasteiger partial charge in [-0.1, -0.05) is 26.8 Å². The molecule has 1 aromatic heterocycles. The lowest BCUT2D eigenvalue weighted by Gasteiger charge is -2.39. The maximum absolute atomic E-state index is 10.5. The summed E-state index contributed by atoms with van der Waals surface area (Å²) >= 11 is 0. The number of hydrogen-bond acceptors (Lipinski definition) is 3. The summed E-state index contributed by atoms with van der Waals surface area (Å²) in [6.07, 6.45) is 4.04. The largest absolute Gasteiger partial charge is 0.388 e. The van der Waals surface area contributed by atoms with E-state index in [9.17, 15) is 5.11 Å². The lowest BCUT2D eigenvalue weighted by Crippen LogP contribution is -2.50. The zero-order chi connectivity index (χ0) is 11.5. The Hall–Kier alpha value is -0.930. The first-order chi connectivity index (χ1) is 6.89. The molecule has 0 aliphatic heterocycles. The quantitative estimate of drug-likeness (QED) is 0.788. The van der Waals surface area contributed by atoms with Crippen LogP contribution in [0, 0.1) is 5.41 Å². The second-order valence-corrected chi connectivity index (χ2v) is 5.02. The van der Waals surface area contributed by atoms with E-state index in [2.05, 4.69) is 4.98 Å². The van der Waals surface area contributed by atoms with Crippen molar-refractivity contribution >= 4 is 0 Å². The molecule has 3 heteroatoms. The van der Waals surface area contributed by atoms with Crippen LogP contribution in [-0.4, -0.2) is 22.2 Å². The predicted octanol–water partition coefficient (Wildman–Crippen LogP) is 1.36. The summed E-state index contributed by atoms with van der Waals surface area (Å²) in [5.41, 5.74) is 5.57. The molecule has 0 saturated carbocycles. The van der Waals surface area contributed by atoms with Gasteiger partial charge in [0.2, 0.25) is 0 Å². The van der Waals surface area contributed by atoms with E-state index in [0.29, 0.717) is 6.42 Å². The number of hydrogen-bond donors (Lipinski definition) is 2. The van der Waals surface area contributed by atoms with Gasteiger partial charge in [-0.25, -0.2) is 0 Å². The minimum Gasteiger partial charge on any atom is -0.388 e. The summed E-state index contributed by atoms with van der Waals surface area (Å²) in [6, 6.07) is 3.83. The van der Waals surface area contributed by atoms with Crippen LogP contribution in [0.5, 0.6) is 0 Å². The summed E-state index contributed by atoms with van der Waals surface area (Å²) in [7, 11) is 0. The molecule has 0 radical (unpaired) electrons. The van der Waals surface area contributed by atoms with Crippen LogP contribution >= 0.6 is 0 Å². The summed E-state index contributed by atoms with van der Waals surface area (Å²) in [5.74, 6) is 0. The maximum atomic E-state index is 10.5. The Balaban J connectivity index is 2.87. The van der Waals surface area contributed by atoms with Crippen LogP contribution in [0.2, 0.25) is 0 Å². The van der Waals surface area contributed by atoms with Gasteiger partial charge >= 0.3 is 0 Å². The fraction of sp³-hybridized carbons (Fsp3) is 0.583. The highest BCUT2D eigenvalue weighted by atomic mass is 16.3. The molecule has 1 unspecified atom stereocenters. The van der Waals surface area contributed by atoms with Crippen LogP contribution in [-0.2, 0) is 6.42 Å². The Bertz CT molecular complexity index is 305. The first-order valence-electron chi connectivity index (χ1n) is 5.20. The van der Waals surface area contributed by atoms with Crippen LogP contribution < -0.4 is 5.73 Å². The molecule has 1 rings (SSSR count). The van der Waals surface area contributed by atoms with Crippen molar-refractivity contribution < 1.29 is 5.11 Å². The minimum atomic E-state index is -0.879. The highest BCUT2D eigenvalue weighted by molar-refractivity contribution is 5.13. The molecule has 3 nitrogen and oxygen atoms in total. The van der Waals surface area contributed by atoms with E-state index >= 15 is 0 Å². The van der Waals surface area contributed by atoms with Gasteiger partial charge in [0.05, 0.1) is 5.60 Å². The number of aliphatic hydroxyl groups is 1. The van der Waals surface area contributed by atoms with Crippen LogP contribution in [0.1, 0.15) is 26.3 Å². The van der Waals surface area contributed by atoms with Crippen molar-refractivity contribution in [2.75, 3.05) is 6.54 Å². The molecule has 0 bridgehead atoms. The monoisotopic (exact) mass is 208 g/mol. The van der Waals surface area contributed by atoms with Crippen molar-refractivity contribution in [1.82, 2.24) is 4.98 Å². The summed E-state index contributed by atoms with van der Waals surface area (Å²) < 4.78 is 0. The highest BCUT2D eigenvalue weighted by Gasteiger charge is 2.38. The van der Waals surface area contributed by atoms with E-state index in [1.165, 1.54) is 0 Å². The molecule has 0 spiro atoms. The Morgan fingerprint density at radius 1 is 1.40 bits per heavy atom. The maximum Gasteiger partial charge on any atom is 0.0857 e. The van der Waals surface area contributed by atoms with Crippen molar-refractivity contribution in [2.45, 2.75) is 32.8 Å². The fourth-order valence-electron chi connectivity index (χ4n) is 1.48. The third-order valence-corrected chi connectivity index (χ3v) is 2.95. The van der Waals surface area contributed by atoms with E-state index in [4.69, 9.17) is 5.73 Å². The molecule has 0 aliphatic rings. The van der Waals surface area contributed by atoms with E-state index in [-0.39, 0.29) is 12.0 Å². The van der Waals surface area contributed by atoms with Crippen LogP contribution in [0.3, 0.4) is 0 Å². The van der Waals surface area contributed by atoms with Crippen molar-refractivity contribution in [2.24, 2.45) is 11.1 Å². The van der Waals surface area contributed by atoms with Crippen molar-refractivity contribution in [3.05, 3.63) is 30.1 Å². The zero-order valence-electron chi connectivity index (χ0n) is 9.70. The van der Waals surface area contributed by atoms with Gasteiger partial charge in [-0.2, -0.15) is 0 Å². The first-order valence-corrected chi connectivity index (χ1v) is 5.20. The Morgan fingerprint density at radius 2 is 2.07 bits per heavy atom. The average Bonchev–Trinajstić information content (AvgIpc) is 2.17. The van der Waals surface area contributed by atoms with E-state index in [1.807, 2.05) is 32.9 Å². The lowest BCUT2D eigenvalue weighted by atomic mass is 9.73. The Kier molecular flexibility index (Phi) is 3.47. The molecule has 1 heterocycles. The van der Waals surface area contributed by atoms with Gasteiger partial charge in [0, 0.05) is 25.4 Å². The molecule has 0 saturated heterocycles. The van der Waals surface area contributed by atoms with E-state index < -0.39 is 5.60 Å². The summed E-state index contributed by atoms with van der Waals surface area (Å²) in [4.78, 5) is 4.03. The predicted molar refractivity (Wildman–Crippen MR) is 61.4 cm³/mol. The second-order valence-electron chi connectivity index (χ2n) is 5.02. The van der Waals surface area contributed by atoms with Gasteiger partial charge in [-0.05, 0) is 17.0 Å². The third-order valence-electron chi connectivity index (χ3n) is 2.95. The second kappa shape index (κ2) is 4.29. The molecule has 0 fully saturated rings. The molecular formula is C12H20N2O. The summed E-state index contributed by atoms with van der Waals surface area (Å²) in [6.45, 7) is 6.24. The molecule has 3 N–H and O–H groups in total. The van der Waals surface area contributed by atoms with Crippen LogP contribution in [0.4, 0.5) is 0 Å². The lowest BCUT2D eigenvalue weighted by molar-refractivity contribution is -0.0491. The van der Waals surface area contributed by atoms with Crippen molar-refractivity contribution in [3.63, 3.8) is 0 Å². The molecule has 15 heavy (non-hydrogen) atoms.